The number of aromatic hydroxyl groups is 1. The number of aromatic nitrogens is 4. The fourth-order valence-electron chi connectivity index (χ4n) is 3.58. The topological polar surface area (TPSA) is 156 Å². The number of hydrogen-bond acceptors (Lipinski definition) is 9. The summed E-state index contributed by atoms with van der Waals surface area (Å²) in [6, 6.07) is 14.4. The molecule has 0 saturated heterocycles. The number of para-hydroxylation sites is 1. The number of carbonyl (C=O) groups excluding carboxylic acids is 1. The van der Waals surface area contributed by atoms with Crippen LogP contribution in [0.2, 0.25) is 0 Å². The fourth-order valence-corrected chi connectivity index (χ4v) is 4.24. The molecule has 1 amide bonds. The van der Waals surface area contributed by atoms with E-state index in [0.29, 0.717) is 10.9 Å². The number of nitrogens with zero attached hydrogens (tertiary/aromatic N) is 3. The maximum atomic E-state index is 12.7. The van der Waals surface area contributed by atoms with Crippen molar-refractivity contribution in [2.75, 3.05) is 10.6 Å². The first-order chi connectivity index (χ1) is 16.5. The predicted molar refractivity (Wildman–Crippen MR) is 129 cm³/mol. The van der Waals surface area contributed by atoms with E-state index in [4.69, 9.17) is 0 Å². The molecule has 0 radical (unpaired) electrons. The van der Waals surface area contributed by atoms with Gasteiger partial charge in [0.2, 0.25) is 10.3 Å². The molecule has 0 unspecified atom stereocenters. The van der Waals surface area contributed by atoms with Gasteiger partial charge in [0.25, 0.3) is 11.9 Å². The molecule has 5 aromatic rings. The van der Waals surface area contributed by atoms with Crippen molar-refractivity contribution in [3.8, 4) is 5.75 Å². The van der Waals surface area contributed by atoms with Crippen LogP contribution in [0.1, 0.15) is 15.9 Å². The van der Waals surface area contributed by atoms with Gasteiger partial charge >= 0.3 is 0 Å². The van der Waals surface area contributed by atoms with Crippen LogP contribution >= 0.6 is 11.3 Å². The molecule has 0 saturated carbocycles. The minimum Gasteiger partial charge on any atom is -0.505 e. The predicted octanol–water partition coefficient (Wildman–Crippen LogP) is 4.47. The van der Waals surface area contributed by atoms with Crippen LogP contribution in [0.15, 0.2) is 72.6 Å². The van der Waals surface area contributed by atoms with Crippen molar-refractivity contribution in [1.29, 1.82) is 0 Å². The third-order valence-corrected chi connectivity index (χ3v) is 5.96. The Hall–Kier alpha value is -4.64. The van der Waals surface area contributed by atoms with Crippen molar-refractivity contribution in [3.63, 3.8) is 0 Å². The molecule has 0 bridgehead atoms. The number of amides is 1. The third kappa shape index (κ3) is 4.07. The van der Waals surface area contributed by atoms with Gasteiger partial charge in [0.1, 0.15) is 11.2 Å². The first-order valence-corrected chi connectivity index (χ1v) is 11.0. The first kappa shape index (κ1) is 21.2. The second-order valence-electron chi connectivity index (χ2n) is 7.37. The molecular formula is C23H18N6O4S. The number of aliphatic hydroxyl groups excluding tert-OH is 1. The quantitative estimate of drug-likeness (QED) is 0.197. The van der Waals surface area contributed by atoms with E-state index >= 15 is 0 Å². The molecule has 11 heteroatoms. The Morgan fingerprint density at radius 3 is 2.62 bits per heavy atom. The second kappa shape index (κ2) is 8.71. The molecule has 5 rings (SSSR count). The Balaban J connectivity index is 1.32. The smallest absolute Gasteiger partial charge is 0.294 e. The summed E-state index contributed by atoms with van der Waals surface area (Å²) in [7, 11) is 0. The van der Waals surface area contributed by atoms with E-state index in [0.717, 1.165) is 27.8 Å². The van der Waals surface area contributed by atoms with Crippen molar-refractivity contribution in [1.82, 2.24) is 20.2 Å². The number of phenols is 1. The zero-order chi connectivity index (χ0) is 23.7. The summed E-state index contributed by atoms with van der Waals surface area (Å²) in [4.78, 5) is 19.9. The highest BCUT2D eigenvalue weighted by atomic mass is 32.1. The fraction of sp³-hybridized carbons (Fsp3) is 0.0435. The lowest BCUT2D eigenvalue weighted by Crippen LogP contribution is -2.12. The van der Waals surface area contributed by atoms with E-state index in [1.54, 1.807) is 24.4 Å². The lowest BCUT2D eigenvalue weighted by Gasteiger charge is -2.08. The minimum atomic E-state index is -0.875. The Labute approximate surface area is 196 Å². The monoisotopic (exact) mass is 474 g/mol. The molecule has 170 valence electrons. The number of phenolic OH excluding ortho intramolecular Hbond substituents is 1. The molecule has 2 aromatic carbocycles. The lowest BCUT2D eigenvalue weighted by atomic mass is 10.1. The summed E-state index contributed by atoms with van der Waals surface area (Å²) in [5, 5.41) is 45.4. The zero-order valence-corrected chi connectivity index (χ0v) is 18.3. The first-order valence-electron chi connectivity index (χ1n) is 10.1. The van der Waals surface area contributed by atoms with Crippen molar-refractivity contribution in [2.24, 2.45) is 0 Å². The minimum absolute atomic E-state index is 0.0452. The maximum Gasteiger partial charge on any atom is 0.294 e. The van der Waals surface area contributed by atoms with Crippen molar-refractivity contribution in [3.05, 3.63) is 83.7 Å². The van der Waals surface area contributed by atoms with Crippen LogP contribution in [0.3, 0.4) is 0 Å². The summed E-state index contributed by atoms with van der Waals surface area (Å²) < 4.78 is 0. The number of fused-ring (bicyclic) bond motifs is 2. The van der Waals surface area contributed by atoms with Gasteiger partial charge in [0.15, 0.2) is 5.75 Å². The number of H-pyrrole nitrogens is 1. The largest absolute Gasteiger partial charge is 0.505 e. The van der Waals surface area contributed by atoms with Crippen molar-refractivity contribution >= 4 is 49.3 Å². The number of carbonyl (C=O) groups is 1. The van der Waals surface area contributed by atoms with Crippen molar-refractivity contribution < 1.29 is 20.1 Å². The summed E-state index contributed by atoms with van der Waals surface area (Å²) >= 11 is 1.00. The normalized spacial score (nSPS) is 10.9. The van der Waals surface area contributed by atoms with E-state index < -0.39 is 11.9 Å². The molecular weight excluding hydrogens is 456 g/mol. The van der Waals surface area contributed by atoms with Crippen LogP contribution in [0.5, 0.6) is 5.75 Å². The zero-order valence-electron chi connectivity index (χ0n) is 17.5. The molecule has 10 nitrogen and oxygen atoms in total. The van der Waals surface area contributed by atoms with E-state index in [1.807, 2.05) is 24.3 Å². The van der Waals surface area contributed by atoms with Gasteiger partial charge in [-0.2, -0.15) is 0 Å². The molecule has 3 aromatic heterocycles. The molecule has 0 aliphatic carbocycles. The van der Waals surface area contributed by atoms with Gasteiger partial charge in [-0.25, -0.2) is 0 Å². The summed E-state index contributed by atoms with van der Waals surface area (Å²) in [5.41, 5.74) is 2.28. The maximum absolute atomic E-state index is 12.7. The van der Waals surface area contributed by atoms with E-state index in [9.17, 15) is 20.1 Å². The van der Waals surface area contributed by atoms with E-state index in [1.165, 1.54) is 12.3 Å². The molecule has 34 heavy (non-hydrogen) atoms. The SMILES string of the molecule is O=C(Nc1nnc(NC(Cc2c[nH]c3ccccc23)=C(O)O)s1)c1ccc2cccnc2c1O. The summed E-state index contributed by atoms with van der Waals surface area (Å²) in [6.07, 6.45) is 3.53. The summed E-state index contributed by atoms with van der Waals surface area (Å²) in [6.45, 7) is 0. The Morgan fingerprint density at radius 1 is 1.00 bits per heavy atom. The van der Waals surface area contributed by atoms with E-state index in [-0.39, 0.29) is 33.7 Å². The Kier molecular flexibility index (Phi) is 5.44. The molecule has 0 aliphatic rings. The average Bonchev–Trinajstić information content (AvgIpc) is 3.45. The Bertz CT molecular complexity index is 1550. The number of pyridine rings is 1. The highest BCUT2D eigenvalue weighted by Gasteiger charge is 2.18. The van der Waals surface area contributed by atoms with Crippen LogP contribution in [0, 0.1) is 0 Å². The van der Waals surface area contributed by atoms with Gasteiger partial charge in [0, 0.05) is 35.1 Å². The molecule has 0 aliphatic heterocycles. The molecule has 0 atom stereocenters. The average molecular weight is 475 g/mol. The van der Waals surface area contributed by atoms with Gasteiger partial charge in [0.05, 0.1) is 5.56 Å². The number of aromatic amines is 1. The van der Waals surface area contributed by atoms with Gasteiger partial charge in [-0.1, -0.05) is 41.7 Å². The second-order valence-corrected chi connectivity index (χ2v) is 8.34. The van der Waals surface area contributed by atoms with Gasteiger partial charge in [-0.15, -0.1) is 10.2 Å². The number of allylic oxidation sites excluding steroid dienone is 1. The molecule has 0 fully saturated rings. The van der Waals surface area contributed by atoms with Crippen LogP contribution in [-0.2, 0) is 6.42 Å². The van der Waals surface area contributed by atoms with Crippen molar-refractivity contribution in [2.45, 2.75) is 6.42 Å². The number of nitrogens with one attached hydrogen (secondary N) is 3. The number of benzene rings is 2. The van der Waals surface area contributed by atoms with Gasteiger partial charge in [-0.05, 0) is 23.8 Å². The highest BCUT2D eigenvalue weighted by molar-refractivity contribution is 7.19. The molecule has 3 heterocycles. The number of aliphatic hydroxyl groups is 2. The van der Waals surface area contributed by atoms with E-state index in [2.05, 4.69) is 30.8 Å². The Morgan fingerprint density at radius 2 is 1.79 bits per heavy atom. The lowest BCUT2D eigenvalue weighted by molar-refractivity contribution is 0.102. The van der Waals surface area contributed by atoms with Gasteiger partial charge in [-0.3, -0.25) is 15.1 Å². The summed E-state index contributed by atoms with van der Waals surface area (Å²) in [5.74, 6) is -1.68. The molecule has 6 N–H and O–H groups in total. The van der Waals surface area contributed by atoms with Crippen LogP contribution in [0.25, 0.3) is 21.8 Å². The highest BCUT2D eigenvalue weighted by Crippen LogP contribution is 2.29. The number of rotatable bonds is 6. The third-order valence-electron chi connectivity index (χ3n) is 5.21. The van der Waals surface area contributed by atoms with Crippen LogP contribution in [-0.4, -0.2) is 41.4 Å². The standard InChI is InChI=1S/C23H18N6O4S/c30-19-15(8-7-12-4-3-9-24-18(12)19)20(31)27-23-29-28-22(34-23)26-17(21(32)33)10-13-11-25-16-6-2-1-5-14(13)16/h1-9,11,25,30,32-33H,10H2,(H,26,28)(H,27,29,31). The van der Waals surface area contributed by atoms with Gasteiger partial charge < -0.3 is 25.6 Å². The number of anilines is 2. The molecule has 0 spiro atoms. The van der Waals surface area contributed by atoms with Crippen LogP contribution < -0.4 is 10.6 Å². The van der Waals surface area contributed by atoms with Crippen LogP contribution in [0.4, 0.5) is 10.3 Å². The number of hydrogen-bond donors (Lipinski definition) is 6.